The summed E-state index contributed by atoms with van der Waals surface area (Å²) >= 11 is 0. The average Bonchev–Trinajstić information content (AvgIpc) is 2.30. The highest BCUT2D eigenvalue weighted by Gasteiger charge is 2.20. The highest BCUT2D eigenvalue weighted by molar-refractivity contribution is 5.33. The molecule has 1 rings (SSSR count). The highest BCUT2D eigenvalue weighted by atomic mass is 19.2. The number of ether oxygens (including phenoxy) is 1. The Morgan fingerprint density at radius 2 is 2.00 bits per heavy atom. The van der Waals surface area contributed by atoms with E-state index < -0.39 is 23.8 Å². The van der Waals surface area contributed by atoms with E-state index in [9.17, 15) is 19.0 Å². The molecule has 4 nitrogen and oxygen atoms in total. The van der Waals surface area contributed by atoms with Gasteiger partial charge in [-0.05, 0) is 17.7 Å². The molecule has 0 aliphatic heterocycles. The maximum Gasteiger partial charge on any atom is 0.200 e. The van der Waals surface area contributed by atoms with E-state index in [2.05, 4.69) is 4.74 Å². The topological polar surface area (TPSA) is 75.7 Å². The molecular formula is C10H13F2NO3. The van der Waals surface area contributed by atoms with Gasteiger partial charge in [-0.1, -0.05) is 0 Å². The maximum absolute atomic E-state index is 13.1. The number of benzene rings is 1. The molecule has 1 aromatic rings. The molecule has 0 spiro atoms. The molecule has 16 heavy (non-hydrogen) atoms. The van der Waals surface area contributed by atoms with E-state index >= 15 is 0 Å². The normalized spacial score (nSPS) is 14.6. The number of nitrogens with two attached hydrogens (primary N) is 1. The first-order valence-electron chi connectivity index (χ1n) is 4.60. The standard InChI is InChI=1S/C10H13F2NO3/c1-16-8-3-5(2-6(11)9(8)12)10(15)7(14)4-13/h2-3,7,10,14-15H,4,13H2,1H3. The Kier molecular flexibility index (Phi) is 4.17. The molecule has 0 aliphatic carbocycles. The van der Waals surface area contributed by atoms with Gasteiger partial charge in [0, 0.05) is 6.54 Å². The van der Waals surface area contributed by atoms with Gasteiger partial charge in [-0.15, -0.1) is 0 Å². The van der Waals surface area contributed by atoms with Crippen LogP contribution in [-0.4, -0.2) is 30.0 Å². The van der Waals surface area contributed by atoms with Crippen LogP contribution in [0.1, 0.15) is 11.7 Å². The molecule has 6 heteroatoms. The monoisotopic (exact) mass is 233 g/mol. The number of aliphatic hydroxyl groups excluding tert-OH is 2. The summed E-state index contributed by atoms with van der Waals surface area (Å²) < 4.78 is 30.7. The number of rotatable bonds is 4. The second-order valence-electron chi connectivity index (χ2n) is 3.27. The van der Waals surface area contributed by atoms with E-state index in [1.807, 2.05) is 0 Å². The number of halogens is 2. The Morgan fingerprint density at radius 3 is 2.50 bits per heavy atom. The fourth-order valence-corrected chi connectivity index (χ4v) is 1.25. The van der Waals surface area contributed by atoms with Crippen LogP contribution in [0.2, 0.25) is 0 Å². The highest BCUT2D eigenvalue weighted by Crippen LogP contribution is 2.26. The zero-order valence-electron chi connectivity index (χ0n) is 8.65. The lowest BCUT2D eigenvalue weighted by Crippen LogP contribution is -2.27. The minimum Gasteiger partial charge on any atom is -0.494 e. The number of hydrogen-bond donors (Lipinski definition) is 3. The summed E-state index contributed by atoms with van der Waals surface area (Å²) in [4.78, 5) is 0. The fourth-order valence-electron chi connectivity index (χ4n) is 1.25. The first-order chi connectivity index (χ1) is 7.51. The SMILES string of the molecule is COc1cc(C(O)C(O)CN)cc(F)c1F. The van der Waals surface area contributed by atoms with Crippen molar-refractivity contribution in [3.05, 3.63) is 29.3 Å². The molecule has 2 unspecified atom stereocenters. The van der Waals surface area contributed by atoms with Crippen LogP contribution in [0.5, 0.6) is 5.75 Å². The summed E-state index contributed by atoms with van der Waals surface area (Å²) in [6.45, 7) is -0.192. The zero-order chi connectivity index (χ0) is 12.3. The molecule has 0 aromatic heterocycles. The van der Waals surface area contributed by atoms with Gasteiger partial charge in [0.2, 0.25) is 5.82 Å². The maximum atomic E-state index is 13.1. The first-order valence-corrected chi connectivity index (χ1v) is 4.60. The molecule has 2 atom stereocenters. The van der Waals surface area contributed by atoms with E-state index in [1.165, 1.54) is 7.11 Å². The van der Waals surface area contributed by atoms with Gasteiger partial charge in [0.25, 0.3) is 0 Å². The zero-order valence-corrected chi connectivity index (χ0v) is 8.65. The van der Waals surface area contributed by atoms with Crippen LogP contribution >= 0.6 is 0 Å². The lowest BCUT2D eigenvalue weighted by atomic mass is 10.0. The molecule has 0 heterocycles. The smallest absolute Gasteiger partial charge is 0.200 e. The van der Waals surface area contributed by atoms with Gasteiger partial charge in [-0.3, -0.25) is 0 Å². The molecule has 0 aliphatic rings. The minimum absolute atomic E-state index is 0.00806. The predicted octanol–water partition coefficient (Wildman–Crippen LogP) is 0.326. The van der Waals surface area contributed by atoms with Crippen LogP contribution in [0.15, 0.2) is 12.1 Å². The minimum atomic E-state index is -1.38. The summed E-state index contributed by atoms with van der Waals surface area (Å²) in [6.07, 6.45) is -2.62. The number of hydrogen-bond acceptors (Lipinski definition) is 4. The van der Waals surface area contributed by atoms with E-state index in [0.717, 1.165) is 12.1 Å². The van der Waals surface area contributed by atoms with Crippen molar-refractivity contribution in [1.82, 2.24) is 0 Å². The van der Waals surface area contributed by atoms with Gasteiger partial charge >= 0.3 is 0 Å². The Morgan fingerprint density at radius 1 is 1.38 bits per heavy atom. The van der Waals surface area contributed by atoms with Crippen molar-refractivity contribution in [2.45, 2.75) is 12.2 Å². The quantitative estimate of drug-likeness (QED) is 0.700. The Labute approximate surface area is 91.3 Å². The van der Waals surface area contributed by atoms with Crippen molar-refractivity contribution >= 4 is 0 Å². The molecule has 0 radical (unpaired) electrons. The molecular weight excluding hydrogens is 220 g/mol. The molecule has 0 amide bonds. The van der Waals surface area contributed by atoms with Crippen LogP contribution in [0.25, 0.3) is 0 Å². The van der Waals surface area contributed by atoms with Crippen LogP contribution < -0.4 is 10.5 Å². The summed E-state index contributed by atoms with van der Waals surface area (Å²) in [5, 5.41) is 18.8. The summed E-state index contributed by atoms with van der Waals surface area (Å²) in [7, 11) is 1.17. The van der Waals surface area contributed by atoms with Crippen molar-refractivity contribution in [1.29, 1.82) is 0 Å². The third kappa shape index (κ3) is 2.46. The second-order valence-corrected chi connectivity index (χ2v) is 3.27. The van der Waals surface area contributed by atoms with E-state index in [-0.39, 0.29) is 17.9 Å². The van der Waals surface area contributed by atoms with Gasteiger partial charge < -0.3 is 20.7 Å². The van der Waals surface area contributed by atoms with Crippen molar-refractivity contribution in [2.75, 3.05) is 13.7 Å². The van der Waals surface area contributed by atoms with Crippen molar-refractivity contribution in [3.63, 3.8) is 0 Å². The third-order valence-corrected chi connectivity index (χ3v) is 2.18. The summed E-state index contributed by atoms with van der Waals surface area (Å²) in [5.74, 6) is -2.63. The Balaban J connectivity index is 3.10. The number of methoxy groups -OCH3 is 1. The van der Waals surface area contributed by atoms with Gasteiger partial charge in [-0.2, -0.15) is 4.39 Å². The molecule has 0 saturated carbocycles. The molecule has 0 bridgehead atoms. The summed E-state index contributed by atoms with van der Waals surface area (Å²) in [5.41, 5.74) is 5.15. The van der Waals surface area contributed by atoms with Crippen molar-refractivity contribution in [2.24, 2.45) is 5.73 Å². The average molecular weight is 233 g/mol. The van der Waals surface area contributed by atoms with Crippen LogP contribution in [0.4, 0.5) is 8.78 Å². The van der Waals surface area contributed by atoms with Crippen molar-refractivity contribution < 1.29 is 23.7 Å². The Hall–Kier alpha value is -1.24. The first kappa shape index (κ1) is 12.8. The molecule has 1 aromatic carbocycles. The second kappa shape index (κ2) is 5.20. The molecule has 4 N–H and O–H groups in total. The van der Waals surface area contributed by atoms with E-state index in [0.29, 0.717) is 0 Å². The lowest BCUT2D eigenvalue weighted by Gasteiger charge is -2.17. The van der Waals surface area contributed by atoms with Gasteiger partial charge in [-0.25, -0.2) is 4.39 Å². The van der Waals surface area contributed by atoms with Crippen molar-refractivity contribution in [3.8, 4) is 5.75 Å². The molecule has 90 valence electrons. The van der Waals surface area contributed by atoms with Crippen LogP contribution in [0, 0.1) is 11.6 Å². The number of aliphatic hydroxyl groups is 2. The largest absolute Gasteiger partial charge is 0.494 e. The fraction of sp³-hybridized carbons (Fsp3) is 0.400. The van der Waals surface area contributed by atoms with E-state index in [4.69, 9.17) is 5.73 Å². The summed E-state index contributed by atoms with van der Waals surface area (Å²) in [6, 6.07) is 1.91. The van der Waals surface area contributed by atoms with Gasteiger partial charge in [0.1, 0.15) is 6.10 Å². The predicted molar refractivity (Wildman–Crippen MR) is 52.9 cm³/mol. The van der Waals surface area contributed by atoms with Gasteiger partial charge in [0.05, 0.1) is 13.2 Å². The molecule has 0 saturated heterocycles. The lowest BCUT2D eigenvalue weighted by molar-refractivity contribution is 0.0239. The Bertz CT molecular complexity index is 373. The van der Waals surface area contributed by atoms with E-state index in [1.54, 1.807) is 0 Å². The third-order valence-electron chi connectivity index (χ3n) is 2.18. The molecule has 0 fully saturated rings. The van der Waals surface area contributed by atoms with Crippen LogP contribution in [0.3, 0.4) is 0 Å². The van der Waals surface area contributed by atoms with Crippen LogP contribution in [-0.2, 0) is 0 Å². The van der Waals surface area contributed by atoms with Gasteiger partial charge in [0.15, 0.2) is 11.6 Å².